The van der Waals surface area contributed by atoms with Crippen molar-refractivity contribution in [2.45, 2.75) is 58.0 Å². The first kappa shape index (κ1) is 21.3. The molecule has 2 aliphatic heterocycles. The van der Waals surface area contributed by atoms with Crippen LogP contribution in [0.1, 0.15) is 44.3 Å². The predicted octanol–water partition coefficient (Wildman–Crippen LogP) is 1.83. The van der Waals surface area contributed by atoms with Gasteiger partial charge in [0.15, 0.2) is 0 Å². The fraction of sp³-hybridized carbons (Fsp3) is 0.545. The van der Waals surface area contributed by atoms with Gasteiger partial charge in [0.25, 0.3) is 0 Å². The maximum atomic E-state index is 12.4. The minimum absolute atomic E-state index is 0.0261. The molecule has 0 atom stereocenters. The van der Waals surface area contributed by atoms with Gasteiger partial charge in [0.1, 0.15) is 12.4 Å². The average molecular weight is 427 g/mol. The van der Waals surface area contributed by atoms with Gasteiger partial charge in [0, 0.05) is 24.3 Å². The van der Waals surface area contributed by atoms with Crippen molar-refractivity contribution in [3.8, 4) is 0 Å². The van der Waals surface area contributed by atoms with Crippen LogP contribution in [-0.2, 0) is 29.1 Å². The van der Waals surface area contributed by atoms with Gasteiger partial charge in [-0.15, -0.1) is 0 Å². The molecule has 0 saturated carbocycles. The first-order chi connectivity index (χ1) is 15.1. The third kappa shape index (κ3) is 5.61. The number of fused-ring (bicyclic) bond motifs is 1. The number of aromatic nitrogens is 3. The highest BCUT2D eigenvalue weighted by molar-refractivity contribution is 5.93. The van der Waals surface area contributed by atoms with Crippen LogP contribution in [0.5, 0.6) is 0 Å². The average Bonchev–Trinajstić information content (AvgIpc) is 2.91. The molecule has 2 N–H and O–H groups in total. The molecule has 4 rings (SSSR count). The number of hydrogen-bond acceptors (Lipinski definition) is 5. The fourth-order valence-corrected chi connectivity index (χ4v) is 4.22. The van der Waals surface area contributed by atoms with Crippen molar-refractivity contribution in [2.24, 2.45) is 0 Å². The Labute approximate surface area is 181 Å². The molecule has 0 aliphatic carbocycles. The molecule has 3 heterocycles. The number of carbonyl (C=O) groups excluding carboxylic acids is 2. The molecule has 0 unspecified atom stereocenters. The monoisotopic (exact) mass is 426 g/mol. The third-order valence-corrected chi connectivity index (χ3v) is 5.84. The van der Waals surface area contributed by atoms with Crippen molar-refractivity contribution < 1.29 is 9.59 Å². The van der Waals surface area contributed by atoms with Crippen molar-refractivity contribution in [3.63, 3.8) is 0 Å². The van der Waals surface area contributed by atoms with Crippen LogP contribution in [0.25, 0.3) is 0 Å². The Bertz CT molecular complexity index is 970. The quantitative estimate of drug-likeness (QED) is 0.734. The Morgan fingerprint density at radius 2 is 1.39 bits per heavy atom. The summed E-state index contributed by atoms with van der Waals surface area (Å²) >= 11 is 0. The summed E-state index contributed by atoms with van der Waals surface area (Å²) in [6.45, 7) is 2.90. The fourth-order valence-electron chi connectivity index (χ4n) is 4.22. The minimum atomic E-state index is -0.310. The molecule has 1 aromatic carbocycles. The molecule has 0 spiro atoms. The topological polar surface area (TPSA) is 101 Å². The molecule has 2 amide bonds. The summed E-state index contributed by atoms with van der Waals surface area (Å²) in [5.41, 5.74) is 1.07. The summed E-state index contributed by atoms with van der Waals surface area (Å²) in [4.78, 5) is 39.2. The van der Waals surface area contributed by atoms with Crippen LogP contribution in [0.4, 0.5) is 11.4 Å². The second-order valence-electron chi connectivity index (χ2n) is 8.33. The van der Waals surface area contributed by atoms with Crippen LogP contribution in [0.15, 0.2) is 29.1 Å². The number of nitrogens with one attached hydrogen (secondary N) is 2. The number of hydrogen-bond donors (Lipinski definition) is 2. The summed E-state index contributed by atoms with van der Waals surface area (Å²) in [5.74, 6) is 0.418. The van der Waals surface area contributed by atoms with E-state index in [1.165, 1.54) is 17.5 Å². The van der Waals surface area contributed by atoms with E-state index in [0.717, 1.165) is 51.0 Å². The Morgan fingerprint density at radius 1 is 0.806 bits per heavy atom. The molecule has 1 fully saturated rings. The Balaban J connectivity index is 1.28. The van der Waals surface area contributed by atoms with Gasteiger partial charge in [-0.3, -0.25) is 19.1 Å². The lowest BCUT2D eigenvalue weighted by Crippen LogP contribution is -2.33. The van der Waals surface area contributed by atoms with E-state index < -0.39 is 0 Å². The molecule has 0 radical (unpaired) electrons. The van der Waals surface area contributed by atoms with Crippen LogP contribution in [0.3, 0.4) is 0 Å². The summed E-state index contributed by atoms with van der Waals surface area (Å²) in [5, 5.41) is 9.98. The van der Waals surface area contributed by atoms with Gasteiger partial charge in [-0.25, -0.2) is 9.48 Å². The lowest BCUT2D eigenvalue weighted by molar-refractivity contribution is -0.118. The smallest absolute Gasteiger partial charge is 0.325 e. The normalized spacial score (nSPS) is 16.9. The van der Waals surface area contributed by atoms with E-state index in [4.69, 9.17) is 0 Å². The van der Waals surface area contributed by atoms with E-state index in [1.807, 2.05) is 0 Å². The summed E-state index contributed by atoms with van der Waals surface area (Å²) in [7, 11) is 0. The van der Waals surface area contributed by atoms with E-state index in [9.17, 15) is 14.4 Å². The second-order valence-corrected chi connectivity index (χ2v) is 8.33. The molecule has 166 valence electrons. The largest absolute Gasteiger partial charge is 0.346 e. The molecule has 2 aliphatic rings. The van der Waals surface area contributed by atoms with Gasteiger partial charge < -0.3 is 10.6 Å². The zero-order chi connectivity index (χ0) is 21.6. The molecule has 0 bridgehead atoms. The number of anilines is 2. The molecule has 9 heteroatoms. The summed E-state index contributed by atoms with van der Waals surface area (Å²) in [6.07, 6.45) is 7.53. The van der Waals surface area contributed by atoms with E-state index in [1.54, 1.807) is 28.8 Å². The molecule has 2 aromatic rings. The van der Waals surface area contributed by atoms with Crippen LogP contribution in [-0.4, -0.2) is 50.7 Å². The van der Waals surface area contributed by atoms with Gasteiger partial charge in [0.05, 0.1) is 6.54 Å². The van der Waals surface area contributed by atoms with Crippen LogP contribution in [0.2, 0.25) is 0 Å². The zero-order valence-corrected chi connectivity index (χ0v) is 17.8. The van der Waals surface area contributed by atoms with Crippen LogP contribution >= 0.6 is 0 Å². The molecular weight excluding hydrogens is 396 g/mol. The van der Waals surface area contributed by atoms with Gasteiger partial charge in [-0.1, -0.05) is 12.8 Å². The highest BCUT2D eigenvalue weighted by atomic mass is 16.2. The molecule has 9 nitrogen and oxygen atoms in total. The van der Waals surface area contributed by atoms with E-state index in [0.29, 0.717) is 24.5 Å². The second kappa shape index (κ2) is 9.91. The minimum Gasteiger partial charge on any atom is -0.325 e. The number of benzene rings is 1. The Hall–Kier alpha value is -2.94. The number of rotatable bonds is 6. The van der Waals surface area contributed by atoms with Crippen molar-refractivity contribution in [3.05, 3.63) is 40.6 Å². The summed E-state index contributed by atoms with van der Waals surface area (Å²) < 4.78 is 2.88. The first-order valence-corrected chi connectivity index (χ1v) is 11.2. The van der Waals surface area contributed by atoms with Crippen molar-refractivity contribution in [1.82, 2.24) is 19.2 Å². The van der Waals surface area contributed by atoms with Gasteiger partial charge >= 0.3 is 5.69 Å². The first-order valence-electron chi connectivity index (χ1n) is 11.2. The lowest BCUT2D eigenvalue weighted by Gasteiger charge is -2.19. The number of amides is 2. The Kier molecular flexibility index (Phi) is 6.81. The summed E-state index contributed by atoms with van der Waals surface area (Å²) in [6, 6.07) is 7.00. The van der Waals surface area contributed by atoms with Crippen molar-refractivity contribution in [2.75, 3.05) is 30.3 Å². The van der Waals surface area contributed by atoms with E-state index in [-0.39, 0.29) is 24.0 Å². The SMILES string of the molecule is O=C(CN1CCCCCC1)Nc1ccc(NC(=O)Cn2nc3n(c2=O)CCCC3)cc1. The van der Waals surface area contributed by atoms with Crippen LogP contribution in [0, 0.1) is 0 Å². The third-order valence-electron chi connectivity index (χ3n) is 5.84. The van der Waals surface area contributed by atoms with Crippen molar-refractivity contribution >= 4 is 23.2 Å². The van der Waals surface area contributed by atoms with Gasteiger partial charge in [-0.05, 0) is 63.0 Å². The van der Waals surface area contributed by atoms with E-state index >= 15 is 0 Å². The predicted molar refractivity (Wildman–Crippen MR) is 118 cm³/mol. The van der Waals surface area contributed by atoms with Crippen LogP contribution < -0.4 is 16.3 Å². The van der Waals surface area contributed by atoms with Gasteiger partial charge in [0.2, 0.25) is 11.8 Å². The number of nitrogens with zero attached hydrogens (tertiary/aromatic N) is 4. The number of likely N-dealkylation sites (tertiary alicyclic amines) is 1. The number of aryl methyl sites for hydroxylation is 1. The maximum absolute atomic E-state index is 12.4. The molecule has 31 heavy (non-hydrogen) atoms. The maximum Gasteiger partial charge on any atom is 0.346 e. The lowest BCUT2D eigenvalue weighted by atomic mass is 10.2. The molecule has 1 aromatic heterocycles. The van der Waals surface area contributed by atoms with Gasteiger partial charge in [-0.2, -0.15) is 5.10 Å². The van der Waals surface area contributed by atoms with Crippen molar-refractivity contribution in [1.29, 1.82) is 0 Å². The zero-order valence-electron chi connectivity index (χ0n) is 17.8. The highest BCUT2D eigenvalue weighted by Crippen LogP contribution is 2.15. The Morgan fingerprint density at radius 3 is 2.00 bits per heavy atom. The molecule has 1 saturated heterocycles. The number of carbonyl (C=O) groups is 2. The van der Waals surface area contributed by atoms with E-state index in [2.05, 4.69) is 20.6 Å². The highest BCUT2D eigenvalue weighted by Gasteiger charge is 2.18. The standard InChI is InChI=1S/C22H30N6O3/c29-20(15-26-12-4-1-2-5-13-26)23-17-8-10-18(11-9-17)24-21(30)16-28-22(31)27-14-6-3-7-19(27)25-28/h8-11H,1-7,12-16H2,(H,23,29)(H,24,30). The molecular formula is C22H30N6O3.